The molecule has 0 aliphatic carbocycles. The Morgan fingerprint density at radius 1 is 1.19 bits per heavy atom. The van der Waals surface area contributed by atoms with Crippen LogP contribution in [-0.4, -0.2) is 4.98 Å². The van der Waals surface area contributed by atoms with Gasteiger partial charge in [0.15, 0.2) is 5.15 Å². The van der Waals surface area contributed by atoms with Crippen molar-refractivity contribution in [1.29, 1.82) is 0 Å². The van der Waals surface area contributed by atoms with Crippen LogP contribution in [0.1, 0.15) is 21.4 Å². The predicted octanol–water partition coefficient (Wildman–Crippen LogP) is 6.02. The van der Waals surface area contributed by atoms with Gasteiger partial charge in [-0.25, -0.2) is 4.98 Å². The monoisotopic (exact) mass is 354 g/mol. The Balaban J connectivity index is 1.98. The third kappa shape index (κ3) is 3.40. The Hall–Kier alpha value is -1.07. The van der Waals surface area contributed by atoms with Crippen molar-refractivity contribution in [2.45, 2.75) is 13.0 Å². The first-order valence-electron chi connectivity index (χ1n) is 6.31. The van der Waals surface area contributed by atoms with Gasteiger partial charge in [0.05, 0.1) is 16.1 Å². The van der Waals surface area contributed by atoms with Crippen molar-refractivity contribution in [1.82, 2.24) is 4.98 Å². The Labute approximate surface area is 141 Å². The fourth-order valence-corrected chi connectivity index (χ4v) is 4.19. The minimum absolute atomic E-state index is 0.0311. The topological polar surface area (TPSA) is 24.9 Å². The normalized spacial score (nSPS) is 12.3. The molecule has 1 unspecified atom stereocenters. The van der Waals surface area contributed by atoms with E-state index in [1.807, 2.05) is 31.2 Å². The lowest BCUT2D eigenvalue weighted by atomic mass is 10.2. The average Bonchev–Trinajstić information content (AvgIpc) is 3.11. The Morgan fingerprint density at radius 3 is 2.71 bits per heavy atom. The molecule has 21 heavy (non-hydrogen) atoms. The summed E-state index contributed by atoms with van der Waals surface area (Å²) in [4.78, 5) is 6.56. The number of rotatable bonds is 4. The van der Waals surface area contributed by atoms with Crippen molar-refractivity contribution in [2.75, 3.05) is 5.32 Å². The van der Waals surface area contributed by atoms with Crippen LogP contribution in [0.2, 0.25) is 9.49 Å². The summed E-state index contributed by atoms with van der Waals surface area (Å²) in [6.07, 6.45) is 1.76. The SMILES string of the molecule is Cc1cnc(Cl)c(NC(c2cccs2)c2ccc(Cl)s2)c1. The van der Waals surface area contributed by atoms with Gasteiger partial charge in [0.1, 0.15) is 0 Å². The molecule has 2 nitrogen and oxygen atoms in total. The third-order valence-electron chi connectivity index (χ3n) is 2.98. The minimum atomic E-state index is 0.0311. The lowest BCUT2D eigenvalue weighted by Gasteiger charge is -2.18. The molecule has 0 aromatic carbocycles. The maximum Gasteiger partial charge on any atom is 0.152 e. The van der Waals surface area contributed by atoms with Gasteiger partial charge in [-0.1, -0.05) is 29.3 Å². The van der Waals surface area contributed by atoms with E-state index in [9.17, 15) is 0 Å². The zero-order chi connectivity index (χ0) is 14.8. The molecule has 1 N–H and O–H groups in total. The van der Waals surface area contributed by atoms with Gasteiger partial charge in [-0.05, 0) is 42.1 Å². The predicted molar refractivity (Wildman–Crippen MR) is 93.1 cm³/mol. The van der Waals surface area contributed by atoms with Crippen molar-refractivity contribution in [3.05, 3.63) is 66.7 Å². The molecular formula is C15H12Cl2N2S2. The lowest BCUT2D eigenvalue weighted by Crippen LogP contribution is -2.10. The van der Waals surface area contributed by atoms with Crippen LogP contribution in [0, 0.1) is 6.92 Å². The highest BCUT2D eigenvalue weighted by molar-refractivity contribution is 7.16. The maximum atomic E-state index is 6.20. The van der Waals surface area contributed by atoms with E-state index in [0.29, 0.717) is 5.15 Å². The average molecular weight is 355 g/mol. The Bertz CT molecular complexity index is 738. The zero-order valence-corrected chi connectivity index (χ0v) is 14.3. The molecular weight excluding hydrogens is 343 g/mol. The molecule has 3 aromatic rings. The molecule has 6 heteroatoms. The number of thiophene rings is 2. The minimum Gasteiger partial charge on any atom is -0.370 e. The molecule has 0 aliphatic heterocycles. The first-order valence-corrected chi connectivity index (χ1v) is 8.76. The number of hydrogen-bond acceptors (Lipinski definition) is 4. The van der Waals surface area contributed by atoms with Crippen molar-refractivity contribution in [3.63, 3.8) is 0 Å². The highest BCUT2D eigenvalue weighted by Gasteiger charge is 2.18. The largest absolute Gasteiger partial charge is 0.370 e. The fourth-order valence-electron chi connectivity index (χ4n) is 2.03. The van der Waals surface area contributed by atoms with Crippen LogP contribution in [-0.2, 0) is 0 Å². The van der Waals surface area contributed by atoms with E-state index in [2.05, 4.69) is 21.7 Å². The van der Waals surface area contributed by atoms with Crippen LogP contribution >= 0.6 is 45.9 Å². The van der Waals surface area contributed by atoms with E-state index >= 15 is 0 Å². The molecule has 3 rings (SSSR count). The molecule has 0 saturated heterocycles. The van der Waals surface area contributed by atoms with Gasteiger partial charge in [0.25, 0.3) is 0 Å². The number of anilines is 1. The maximum absolute atomic E-state index is 6.20. The first-order chi connectivity index (χ1) is 10.1. The zero-order valence-electron chi connectivity index (χ0n) is 11.1. The molecule has 3 heterocycles. The standard InChI is InChI=1S/C15H12Cl2N2S2/c1-9-7-10(15(17)18-8-9)19-14(11-3-2-6-20-11)12-4-5-13(16)21-12/h2-8,14,19H,1H3. The van der Waals surface area contributed by atoms with E-state index in [1.165, 1.54) is 4.88 Å². The van der Waals surface area contributed by atoms with Crippen LogP contribution in [0.5, 0.6) is 0 Å². The van der Waals surface area contributed by atoms with Gasteiger partial charge in [-0.15, -0.1) is 22.7 Å². The quantitative estimate of drug-likeness (QED) is 0.579. The number of aryl methyl sites for hydroxylation is 1. The number of hydrogen-bond donors (Lipinski definition) is 1. The third-order valence-corrected chi connectivity index (χ3v) is 5.52. The lowest BCUT2D eigenvalue weighted by molar-refractivity contribution is 0.987. The van der Waals surface area contributed by atoms with Crippen molar-refractivity contribution >= 4 is 51.6 Å². The number of halogens is 2. The van der Waals surface area contributed by atoms with Crippen LogP contribution in [0.4, 0.5) is 5.69 Å². The number of nitrogens with zero attached hydrogens (tertiary/aromatic N) is 1. The number of pyridine rings is 1. The van der Waals surface area contributed by atoms with E-state index < -0.39 is 0 Å². The van der Waals surface area contributed by atoms with Crippen LogP contribution in [0.3, 0.4) is 0 Å². The molecule has 0 radical (unpaired) electrons. The van der Waals surface area contributed by atoms with E-state index in [0.717, 1.165) is 20.5 Å². The smallest absolute Gasteiger partial charge is 0.152 e. The van der Waals surface area contributed by atoms with E-state index in [-0.39, 0.29) is 6.04 Å². The second kappa shape index (κ2) is 6.36. The van der Waals surface area contributed by atoms with Gasteiger partial charge in [0.2, 0.25) is 0 Å². The second-order valence-electron chi connectivity index (χ2n) is 4.59. The number of aromatic nitrogens is 1. The summed E-state index contributed by atoms with van der Waals surface area (Å²) >= 11 is 15.6. The van der Waals surface area contributed by atoms with Gasteiger partial charge in [0, 0.05) is 16.0 Å². The summed E-state index contributed by atoms with van der Waals surface area (Å²) in [6, 6.07) is 10.1. The van der Waals surface area contributed by atoms with Gasteiger partial charge in [-0.3, -0.25) is 0 Å². The summed E-state index contributed by atoms with van der Waals surface area (Å²) in [5, 5.41) is 6.03. The highest BCUT2D eigenvalue weighted by atomic mass is 35.5. The first kappa shape index (κ1) is 14.9. The summed E-state index contributed by atoms with van der Waals surface area (Å²) in [5.41, 5.74) is 1.90. The molecule has 1 atom stereocenters. The molecule has 0 aliphatic rings. The summed E-state index contributed by atoms with van der Waals surface area (Å²) < 4.78 is 0.779. The van der Waals surface area contributed by atoms with Gasteiger partial charge in [-0.2, -0.15) is 0 Å². The molecule has 0 spiro atoms. The summed E-state index contributed by atoms with van der Waals surface area (Å²) in [6.45, 7) is 2.00. The Morgan fingerprint density at radius 2 is 2.05 bits per heavy atom. The molecule has 0 bridgehead atoms. The summed E-state index contributed by atoms with van der Waals surface area (Å²) in [5.74, 6) is 0. The molecule has 0 amide bonds. The van der Waals surface area contributed by atoms with Crippen LogP contribution in [0.15, 0.2) is 41.9 Å². The van der Waals surface area contributed by atoms with Gasteiger partial charge >= 0.3 is 0 Å². The van der Waals surface area contributed by atoms with Crippen molar-refractivity contribution < 1.29 is 0 Å². The van der Waals surface area contributed by atoms with Crippen molar-refractivity contribution in [2.24, 2.45) is 0 Å². The summed E-state index contributed by atoms with van der Waals surface area (Å²) in [7, 11) is 0. The highest BCUT2D eigenvalue weighted by Crippen LogP contribution is 2.36. The molecule has 3 aromatic heterocycles. The van der Waals surface area contributed by atoms with E-state index in [4.69, 9.17) is 23.2 Å². The van der Waals surface area contributed by atoms with Crippen LogP contribution in [0.25, 0.3) is 0 Å². The van der Waals surface area contributed by atoms with E-state index in [1.54, 1.807) is 28.9 Å². The molecule has 0 saturated carbocycles. The molecule has 0 fully saturated rings. The van der Waals surface area contributed by atoms with Crippen LogP contribution < -0.4 is 5.32 Å². The number of nitrogens with one attached hydrogen (secondary N) is 1. The molecule has 108 valence electrons. The second-order valence-corrected chi connectivity index (χ2v) is 7.67. The van der Waals surface area contributed by atoms with Crippen molar-refractivity contribution in [3.8, 4) is 0 Å². The fraction of sp³-hybridized carbons (Fsp3) is 0.133. The Kier molecular flexibility index (Phi) is 4.50. The van der Waals surface area contributed by atoms with Gasteiger partial charge < -0.3 is 5.32 Å².